The molecule has 0 aliphatic carbocycles. The van der Waals surface area contributed by atoms with Gasteiger partial charge in [0.15, 0.2) is 18.5 Å². The van der Waals surface area contributed by atoms with Gasteiger partial charge in [0.05, 0.1) is 26.4 Å². The summed E-state index contributed by atoms with van der Waals surface area (Å²) >= 11 is 0. The maximum atomic E-state index is 12.1. The Hall–Kier alpha value is -3.50. The van der Waals surface area contributed by atoms with Crippen molar-refractivity contribution in [3.05, 3.63) is 10.4 Å². The zero-order valence-corrected chi connectivity index (χ0v) is 24.4. The van der Waals surface area contributed by atoms with Gasteiger partial charge in [-0.2, -0.15) is 0 Å². The first-order valence-corrected chi connectivity index (χ1v) is 13.5. The number of hydrogen-bond donors (Lipinski definition) is 2. The lowest BCUT2D eigenvalue weighted by Crippen LogP contribution is -2.66. The summed E-state index contributed by atoms with van der Waals surface area (Å²) in [6.07, 6.45) is -3.47. The van der Waals surface area contributed by atoms with Gasteiger partial charge in [-0.1, -0.05) is 5.11 Å². The van der Waals surface area contributed by atoms with Gasteiger partial charge in [-0.25, -0.2) is 0 Å². The summed E-state index contributed by atoms with van der Waals surface area (Å²) in [6, 6.07) is -1.05. The second-order valence-electron chi connectivity index (χ2n) is 9.08. The van der Waals surface area contributed by atoms with Crippen molar-refractivity contribution in [1.82, 2.24) is 10.6 Å². The molecule has 238 valence electrons. The smallest absolute Gasteiger partial charge is 0.303 e. The highest BCUT2D eigenvalue weighted by atomic mass is 16.7. The Bertz CT molecular complexity index is 929. The van der Waals surface area contributed by atoms with Crippen LogP contribution in [0.15, 0.2) is 5.11 Å². The van der Waals surface area contributed by atoms with E-state index in [2.05, 4.69) is 20.7 Å². The lowest BCUT2D eigenvalue weighted by molar-refractivity contribution is -0.277. The van der Waals surface area contributed by atoms with Gasteiger partial charge >= 0.3 is 17.9 Å². The first kappa shape index (κ1) is 36.5. The third-order valence-electron chi connectivity index (χ3n) is 5.49. The molecule has 0 bridgehead atoms. The van der Waals surface area contributed by atoms with Gasteiger partial charge in [0, 0.05) is 58.7 Å². The maximum Gasteiger partial charge on any atom is 0.303 e. The van der Waals surface area contributed by atoms with E-state index < -0.39 is 54.5 Å². The molecule has 42 heavy (non-hydrogen) atoms. The molecular weight excluding hydrogens is 562 g/mol. The van der Waals surface area contributed by atoms with Crippen molar-refractivity contribution >= 4 is 29.7 Å². The minimum absolute atomic E-state index is 0.113. The van der Waals surface area contributed by atoms with Gasteiger partial charge in [-0.15, -0.1) is 0 Å². The van der Waals surface area contributed by atoms with Crippen molar-refractivity contribution in [1.29, 1.82) is 0 Å². The molecule has 1 heterocycles. The van der Waals surface area contributed by atoms with E-state index in [1.54, 1.807) is 0 Å². The van der Waals surface area contributed by atoms with Gasteiger partial charge in [0.2, 0.25) is 11.8 Å². The number of carbonyl (C=O) groups is 5. The average molecular weight is 604 g/mol. The van der Waals surface area contributed by atoms with Gasteiger partial charge in [-0.3, -0.25) is 24.0 Å². The van der Waals surface area contributed by atoms with Gasteiger partial charge in [0.1, 0.15) is 18.8 Å². The zero-order valence-electron chi connectivity index (χ0n) is 24.4. The van der Waals surface area contributed by atoms with Crippen LogP contribution in [-0.2, 0) is 57.1 Å². The molecule has 1 aliphatic rings. The number of rotatable bonds is 20. The van der Waals surface area contributed by atoms with Crippen molar-refractivity contribution in [2.45, 2.75) is 77.6 Å². The summed E-state index contributed by atoms with van der Waals surface area (Å²) in [7, 11) is 0. The number of unbranched alkanes of at least 4 members (excludes halogenated alkanes) is 1. The van der Waals surface area contributed by atoms with Crippen LogP contribution in [0, 0.1) is 0 Å². The topological polar surface area (TPSA) is 223 Å². The number of carbonyl (C=O) groups excluding carboxylic acids is 5. The highest BCUT2D eigenvalue weighted by molar-refractivity contribution is 5.75. The SMILES string of the molecule is CC(=O)N[C@H]1[C@H](OCCCCC(=O)NCCOCCOCCN=[N+]=[N-])O[C@H](COC(C)=O)[C@H](OC(C)=O)[C@@H]1OC(C)=O. The highest BCUT2D eigenvalue weighted by Gasteiger charge is 2.51. The largest absolute Gasteiger partial charge is 0.463 e. The van der Waals surface area contributed by atoms with Crippen LogP contribution in [0.1, 0.15) is 47.0 Å². The molecule has 1 aliphatic heterocycles. The molecule has 1 rings (SSSR count). The molecule has 0 aromatic heterocycles. The number of ether oxygens (including phenoxy) is 7. The predicted octanol–water partition coefficient (Wildman–Crippen LogP) is 0.289. The standard InChI is InChI=1S/C25H41N5O12/c1-16(31)29-22-24(41-19(4)34)23(40-18(3)33)20(15-39-17(2)32)42-25(22)38-10-6-5-7-21(35)27-8-11-36-13-14-37-12-9-28-30-26/h20,22-25H,5-15H2,1-4H3,(H,27,35)(H,29,31)/t20-,22-,23+,24-,25-/m1/s1. The van der Waals surface area contributed by atoms with Crippen molar-refractivity contribution in [3.8, 4) is 0 Å². The van der Waals surface area contributed by atoms with Crippen molar-refractivity contribution in [2.24, 2.45) is 5.11 Å². The molecule has 0 unspecified atom stereocenters. The summed E-state index contributed by atoms with van der Waals surface area (Å²) in [6.45, 7) is 6.43. The molecule has 17 nitrogen and oxygen atoms in total. The molecule has 2 amide bonds. The monoisotopic (exact) mass is 603 g/mol. The summed E-state index contributed by atoms with van der Waals surface area (Å²) in [4.78, 5) is 61.8. The Morgan fingerprint density at radius 3 is 2.14 bits per heavy atom. The first-order valence-electron chi connectivity index (χ1n) is 13.5. The predicted molar refractivity (Wildman–Crippen MR) is 142 cm³/mol. The third kappa shape index (κ3) is 16.1. The Balaban J connectivity index is 2.58. The molecule has 0 radical (unpaired) electrons. The van der Waals surface area contributed by atoms with Gasteiger partial charge in [0.25, 0.3) is 0 Å². The summed E-state index contributed by atoms with van der Waals surface area (Å²) in [5.41, 5.74) is 8.16. The lowest BCUT2D eigenvalue weighted by atomic mass is 9.96. The Kier molecular flexibility index (Phi) is 18.5. The highest BCUT2D eigenvalue weighted by Crippen LogP contribution is 2.28. The molecule has 1 saturated heterocycles. The van der Waals surface area contributed by atoms with E-state index in [1.807, 2.05) is 0 Å². The summed E-state index contributed by atoms with van der Waals surface area (Å²) in [5.74, 6) is -2.66. The number of esters is 3. The second-order valence-corrected chi connectivity index (χ2v) is 9.08. The first-order chi connectivity index (χ1) is 20.0. The number of nitrogens with zero attached hydrogens (tertiary/aromatic N) is 3. The average Bonchev–Trinajstić information content (AvgIpc) is 2.90. The summed E-state index contributed by atoms with van der Waals surface area (Å²) < 4.78 is 38.1. The molecule has 0 saturated carbocycles. The minimum atomic E-state index is -1.20. The number of amides is 2. The van der Waals surface area contributed by atoms with Crippen LogP contribution in [-0.4, -0.2) is 113 Å². The van der Waals surface area contributed by atoms with E-state index in [-0.39, 0.29) is 32.1 Å². The fourth-order valence-electron chi connectivity index (χ4n) is 3.84. The van der Waals surface area contributed by atoms with E-state index in [0.29, 0.717) is 45.8 Å². The quantitative estimate of drug-likeness (QED) is 0.0478. The number of hydrogen-bond acceptors (Lipinski definition) is 13. The lowest BCUT2D eigenvalue weighted by Gasteiger charge is -2.44. The molecule has 0 aromatic rings. The second kappa shape index (κ2) is 21.2. The van der Waals surface area contributed by atoms with Crippen molar-refractivity contribution in [2.75, 3.05) is 52.7 Å². The zero-order chi connectivity index (χ0) is 31.3. The van der Waals surface area contributed by atoms with E-state index in [1.165, 1.54) is 13.8 Å². The van der Waals surface area contributed by atoms with E-state index in [9.17, 15) is 24.0 Å². The maximum absolute atomic E-state index is 12.1. The van der Waals surface area contributed by atoms with Crippen LogP contribution in [0.25, 0.3) is 10.4 Å². The summed E-state index contributed by atoms with van der Waals surface area (Å²) in [5, 5.41) is 8.70. The number of nitrogens with one attached hydrogen (secondary N) is 2. The van der Waals surface area contributed by atoms with Crippen LogP contribution < -0.4 is 10.6 Å². The Morgan fingerprint density at radius 2 is 1.52 bits per heavy atom. The fraction of sp³-hybridized carbons (Fsp3) is 0.800. The minimum Gasteiger partial charge on any atom is -0.463 e. The van der Waals surface area contributed by atoms with Crippen LogP contribution in [0.5, 0.6) is 0 Å². The van der Waals surface area contributed by atoms with Crippen molar-refractivity contribution < 1.29 is 57.1 Å². The van der Waals surface area contributed by atoms with Crippen LogP contribution >= 0.6 is 0 Å². The Morgan fingerprint density at radius 1 is 0.857 bits per heavy atom. The Labute approximate surface area is 243 Å². The van der Waals surface area contributed by atoms with Crippen molar-refractivity contribution in [3.63, 3.8) is 0 Å². The molecule has 1 fully saturated rings. The van der Waals surface area contributed by atoms with Crippen LogP contribution in [0.4, 0.5) is 0 Å². The normalized spacial score (nSPS) is 21.4. The van der Waals surface area contributed by atoms with E-state index >= 15 is 0 Å². The molecule has 17 heteroatoms. The number of azide groups is 1. The van der Waals surface area contributed by atoms with Gasteiger partial charge in [-0.05, 0) is 18.4 Å². The van der Waals surface area contributed by atoms with Gasteiger partial charge < -0.3 is 43.8 Å². The van der Waals surface area contributed by atoms with E-state index in [4.69, 9.17) is 38.7 Å². The molecule has 2 N–H and O–H groups in total. The molecule has 5 atom stereocenters. The fourth-order valence-corrected chi connectivity index (χ4v) is 3.84. The van der Waals surface area contributed by atoms with Crippen LogP contribution in [0.2, 0.25) is 0 Å². The van der Waals surface area contributed by atoms with Crippen LogP contribution in [0.3, 0.4) is 0 Å². The van der Waals surface area contributed by atoms with E-state index in [0.717, 1.165) is 13.8 Å². The molecular formula is C25H41N5O12. The molecule has 0 aromatic carbocycles. The molecule has 0 spiro atoms. The third-order valence-corrected chi connectivity index (χ3v) is 5.49.